The van der Waals surface area contributed by atoms with Crippen LogP contribution in [0.3, 0.4) is 0 Å². The van der Waals surface area contributed by atoms with Crippen LogP contribution >= 0.6 is 0 Å². The van der Waals surface area contributed by atoms with Gasteiger partial charge in [0.2, 0.25) is 0 Å². The number of esters is 1. The van der Waals surface area contributed by atoms with Gasteiger partial charge in [-0.05, 0) is 68.1 Å². The zero-order chi connectivity index (χ0) is 21.0. The summed E-state index contributed by atoms with van der Waals surface area (Å²) < 4.78 is 5.77. The molecule has 0 spiro atoms. The quantitative estimate of drug-likeness (QED) is 0.425. The number of oxime groups is 1. The number of fused-ring (bicyclic) bond motifs is 5. The number of ether oxygens (including phenoxy) is 1. The fraction of sp³-hybridized carbons (Fsp3) is 0.870. The maximum absolute atomic E-state index is 12.6. The van der Waals surface area contributed by atoms with Crippen LogP contribution in [0.5, 0.6) is 0 Å². The van der Waals surface area contributed by atoms with E-state index in [2.05, 4.69) is 19.0 Å². The summed E-state index contributed by atoms with van der Waals surface area (Å²) in [5.74, 6) is 1.42. The summed E-state index contributed by atoms with van der Waals surface area (Å²) in [5, 5.41) is 13.6. The van der Waals surface area contributed by atoms with Crippen molar-refractivity contribution in [2.24, 2.45) is 51.3 Å². The zero-order valence-corrected chi connectivity index (χ0v) is 18.0. The minimum absolute atomic E-state index is 0.0415. The predicted molar refractivity (Wildman–Crippen MR) is 109 cm³/mol. The second-order valence-corrected chi connectivity index (χ2v) is 10.6. The van der Waals surface area contributed by atoms with Gasteiger partial charge >= 0.3 is 5.97 Å². The highest BCUT2D eigenvalue weighted by atomic mass is 16.5. The number of ketones is 1. The summed E-state index contributed by atoms with van der Waals surface area (Å²) in [4.78, 5) is 24.8. The van der Waals surface area contributed by atoms with Gasteiger partial charge in [-0.3, -0.25) is 9.59 Å². The lowest BCUT2D eigenvalue weighted by atomic mass is 9.44. The number of Topliss-reactive ketones (excluding diaryl/α,β-unsaturated/α-hetero) is 1. The largest absolute Gasteiger partial charge is 0.462 e. The molecule has 0 bridgehead atoms. The molecular formula is C23H36N2O4. The molecule has 4 rings (SSSR count). The van der Waals surface area contributed by atoms with Gasteiger partial charge in [0.15, 0.2) is 0 Å². The number of carbonyl (C=O) groups excluding carboxylic acids is 2. The number of rotatable bonds is 3. The number of nitrogens with two attached hydrogens (primary N) is 1. The summed E-state index contributed by atoms with van der Waals surface area (Å²) in [6, 6.07) is 0. The van der Waals surface area contributed by atoms with Gasteiger partial charge in [0.25, 0.3) is 0 Å². The van der Waals surface area contributed by atoms with Gasteiger partial charge in [-0.25, -0.2) is 0 Å². The van der Waals surface area contributed by atoms with Crippen molar-refractivity contribution in [3.8, 4) is 0 Å². The van der Waals surface area contributed by atoms with Crippen LogP contribution < -0.4 is 5.73 Å². The molecule has 4 fully saturated rings. The van der Waals surface area contributed by atoms with Crippen molar-refractivity contribution in [1.82, 2.24) is 0 Å². The summed E-state index contributed by atoms with van der Waals surface area (Å²) in [7, 11) is 0. The zero-order valence-electron chi connectivity index (χ0n) is 18.0. The first-order chi connectivity index (χ1) is 13.7. The fourth-order valence-corrected chi connectivity index (χ4v) is 7.40. The second-order valence-electron chi connectivity index (χ2n) is 10.6. The molecule has 0 amide bonds. The smallest absolute Gasteiger partial charge is 0.310 e. The van der Waals surface area contributed by atoms with Crippen LogP contribution in [0.25, 0.3) is 0 Å². The Morgan fingerprint density at radius 2 is 2.03 bits per heavy atom. The van der Waals surface area contributed by atoms with E-state index in [1.54, 1.807) is 6.92 Å². The maximum Gasteiger partial charge on any atom is 0.310 e. The molecule has 8 atom stereocenters. The lowest BCUT2D eigenvalue weighted by molar-refractivity contribution is -0.159. The molecule has 0 aromatic heterocycles. The Balaban J connectivity index is 1.56. The summed E-state index contributed by atoms with van der Waals surface area (Å²) in [6.45, 7) is 6.60. The number of hydrogen-bond acceptors (Lipinski definition) is 6. The van der Waals surface area contributed by atoms with Crippen molar-refractivity contribution < 1.29 is 19.5 Å². The Bertz CT molecular complexity index is 722. The topological polar surface area (TPSA) is 102 Å². The van der Waals surface area contributed by atoms with E-state index in [4.69, 9.17) is 10.5 Å². The third-order valence-corrected chi connectivity index (χ3v) is 9.31. The molecule has 4 aliphatic carbocycles. The molecule has 0 heterocycles. The number of nitrogens with zero attached hydrogens (tertiary/aromatic N) is 1. The van der Waals surface area contributed by atoms with Gasteiger partial charge in [0, 0.05) is 24.3 Å². The van der Waals surface area contributed by atoms with Crippen molar-refractivity contribution in [2.75, 3.05) is 6.54 Å². The minimum Gasteiger partial charge on any atom is -0.462 e. The van der Waals surface area contributed by atoms with Crippen LogP contribution in [0.4, 0.5) is 0 Å². The molecular weight excluding hydrogens is 368 g/mol. The van der Waals surface area contributed by atoms with E-state index in [0.717, 1.165) is 50.7 Å². The van der Waals surface area contributed by atoms with Crippen molar-refractivity contribution in [3.05, 3.63) is 0 Å². The average molecular weight is 405 g/mol. The Morgan fingerprint density at radius 1 is 1.28 bits per heavy atom. The first-order valence-corrected chi connectivity index (χ1v) is 11.4. The Kier molecular flexibility index (Phi) is 5.29. The molecule has 0 saturated heterocycles. The van der Waals surface area contributed by atoms with Gasteiger partial charge in [0.1, 0.15) is 11.9 Å². The van der Waals surface area contributed by atoms with E-state index >= 15 is 0 Å². The molecule has 29 heavy (non-hydrogen) atoms. The monoisotopic (exact) mass is 404 g/mol. The fourth-order valence-electron chi connectivity index (χ4n) is 7.40. The van der Waals surface area contributed by atoms with Crippen molar-refractivity contribution in [1.29, 1.82) is 0 Å². The number of carbonyl (C=O) groups is 2. The van der Waals surface area contributed by atoms with E-state index in [-0.39, 0.29) is 34.7 Å². The molecule has 6 heteroatoms. The van der Waals surface area contributed by atoms with Crippen molar-refractivity contribution >= 4 is 17.5 Å². The van der Waals surface area contributed by atoms with E-state index in [9.17, 15) is 14.8 Å². The molecule has 0 aromatic rings. The SMILES string of the molecule is C[C@H](CN)C(=O)O[C@H]1CC[C@@]2(C)[C@H](C1)/C(=N/O)C[C@@H]1[C@@H]2CC[C@]2(C)C(=O)CC[C@@H]12. The van der Waals surface area contributed by atoms with Crippen LogP contribution in [0, 0.1) is 40.4 Å². The second kappa shape index (κ2) is 7.36. The van der Waals surface area contributed by atoms with Gasteiger partial charge in [-0.15, -0.1) is 0 Å². The van der Waals surface area contributed by atoms with E-state index in [1.165, 1.54) is 0 Å². The third kappa shape index (κ3) is 3.13. The van der Waals surface area contributed by atoms with Gasteiger partial charge in [-0.1, -0.05) is 25.9 Å². The normalized spacial score (nSPS) is 46.6. The Hall–Kier alpha value is -1.43. The van der Waals surface area contributed by atoms with E-state index < -0.39 is 0 Å². The molecule has 6 nitrogen and oxygen atoms in total. The highest BCUT2D eigenvalue weighted by Gasteiger charge is 2.62. The third-order valence-electron chi connectivity index (χ3n) is 9.31. The van der Waals surface area contributed by atoms with Crippen LogP contribution in [0.15, 0.2) is 5.16 Å². The van der Waals surface area contributed by atoms with E-state index in [1.807, 2.05) is 0 Å². The van der Waals surface area contributed by atoms with Crippen molar-refractivity contribution in [3.63, 3.8) is 0 Å². The molecule has 0 aliphatic heterocycles. The molecule has 4 aliphatic rings. The summed E-state index contributed by atoms with van der Waals surface area (Å²) >= 11 is 0. The number of hydrogen-bond donors (Lipinski definition) is 2. The summed E-state index contributed by atoms with van der Waals surface area (Å²) in [5.41, 5.74) is 6.32. The minimum atomic E-state index is -0.291. The van der Waals surface area contributed by atoms with Crippen LogP contribution in [0.1, 0.15) is 72.1 Å². The lowest BCUT2D eigenvalue weighted by Crippen LogP contribution is -2.57. The van der Waals surface area contributed by atoms with Gasteiger partial charge in [-0.2, -0.15) is 0 Å². The lowest BCUT2D eigenvalue weighted by Gasteiger charge is -2.60. The highest BCUT2D eigenvalue weighted by Crippen LogP contribution is 2.65. The van der Waals surface area contributed by atoms with E-state index in [0.29, 0.717) is 36.5 Å². The first-order valence-electron chi connectivity index (χ1n) is 11.4. The molecule has 0 unspecified atom stereocenters. The maximum atomic E-state index is 12.6. The molecule has 3 N–H and O–H groups in total. The van der Waals surface area contributed by atoms with Crippen LogP contribution in [-0.4, -0.2) is 35.3 Å². The van der Waals surface area contributed by atoms with Gasteiger partial charge < -0.3 is 15.7 Å². The predicted octanol–water partition coefficient (Wildman–Crippen LogP) is 3.54. The van der Waals surface area contributed by atoms with Crippen LogP contribution in [-0.2, 0) is 14.3 Å². The average Bonchev–Trinajstić information content (AvgIpc) is 3.02. The molecule has 0 radical (unpaired) electrons. The molecule has 4 saturated carbocycles. The first kappa shape index (κ1) is 20.8. The highest BCUT2D eigenvalue weighted by molar-refractivity contribution is 5.90. The van der Waals surface area contributed by atoms with Crippen LogP contribution in [0.2, 0.25) is 0 Å². The standard InChI is InChI=1S/C23H36N2O4/c1-13(12-24)21(27)29-14-6-8-22(2)17-7-9-23(3)16(4-5-20(23)26)15(17)11-19(25-28)18(22)10-14/h13-18,28H,4-12,24H2,1-3H3/b25-19+/t13-,14+,15+,16+,17+,18-,22-,23+/m1/s1. The Morgan fingerprint density at radius 3 is 2.72 bits per heavy atom. The molecule has 0 aromatic carbocycles. The van der Waals surface area contributed by atoms with Crippen molar-refractivity contribution in [2.45, 2.75) is 78.2 Å². The van der Waals surface area contributed by atoms with Gasteiger partial charge in [0.05, 0.1) is 11.6 Å². The Labute approximate surface area is 173 Å². The summed E-state index contributed by atoms with van der Waals surface area (Å²) in [6.07, 6.45) is 6.91. The molecule has 162 valence electrons.